The fraction of sp³-hybridized carbons (Fsp3) is 0.364. The van der Waals surface area contributed by atoms with Gasteiger partial charge in [0.15, 0.2) is 0 Å². The Morgan fingerprint density at radius 1 is 1.56 bits per heavy atom. The molecule has 0 aromatic heterocycles. The summed E-state index contributed by atoms with van der Waals surface area (Å²) < 4.78 is 11.3. The number of carbonyl (C=O) groups is 1. The second-order valence-corrected chi connectivity index (χ2v) is 4.38. The Kier molecular flexibility index (Phi) is 5.63. The van der Waals surface area contributed by atoms with E-state index in [1.165, 1.54) is 0 Å². The largest absolute Gasteiger partial charge is 0.490 e. The van der Waals surface area contributed by atoms with E-state index in [0.29, 0.717) is 13.0 Å². The lowest BCUT2D eigenvalue weighted by molar-refractivity contribution is 0.0800. The molecule has 0 fully saturated rings. The molecule has 0 heterocycles. The van der Waals surface area contributed by atoms with Crippen LogP contribution in [0.15, 0.2) is 28.7 Å². The predicted octanol–water partition coefficient (Wildman–Crippen LogP) is 3.98. The second kappa shape index (κ2) is 6.76. The minimum absolute atomic E-state index is 0.297. The predicted molar refractivity (Wildman–Crippen MR) is 66.1 cm³/mol. The summed E-state index contributed by atoms with van der Waals surface area (Å²) in [6.45, 7) is 2.19. The molecule has 0 aliphatic heterocycles. The van der Waals surface area contributed by atoms with Crippen molar-refractivity contribution in [3.63, 3.8) is 0 Å². The van der Waals surface area contributed by atoms with Crippen molar-refractivity contribution in [3.8, 4) is 5.75 Å². The van der Waals surface area contributed by atoms with E-state index in [0.717, 1.165) is 10.2 Å². The molecule has 0 aliphatic carbocycles. The molecule has 0 bridgehead atoms. The van der Waals surface area contributed by atoms with Gasteiger partial charge >= 0.3 is 5.43 Å². The molecule has 5 heteroatoms. The first-order chi connectivity index (χ1) is 7.61. The number of carbonyl (C=O) groups excluding carboxylic acids is 1. The normalized spacial score (nSPS) is 11.9. The van der Waals surface area contributed by atoms with Crippen molar-refractivity contribution in [2.75, 3.05) is 6.61 Å². The lowest BCUT2D eigenvalue weighted by Crippen LogP contribution is -2.21. The van der Waals surface area contributed by atoms with Gasteiger partial charge in [-0.05, 0) is 24.6 Å². The van der Waals surface area contributed by atoms with Gasteiger partial charge in [0, 0.05) is 16.1 Å². The Labute approximate surface area is 108 Å². The van der Waals surface area contributed by atoms with Crippen LogP contribution in [0.3, 0.4) is 0 Å². The lowest BCUT2D eigenvalue weighted by Gasteiger charge is -2.15. The Balaban J connectivity index is 2.46. The van der Waals surface area contributed by atoms with Crippen molar-refractivity contribution in [1.29, 1.82) is 0 Å². The van der Waals surface area contributed by atoms with E-state index in [1.54, 1.807) is 0 Å². The van der Waals surface area contributed by atoms with E-state index in [4.69, 9.17) is 21.1 Å². The van der Waals surface area contributed by atoms with Crippen molar-refractivity contribution in [2.24, 2.45) is 0 Å². The molecule has 0 N–H and O–H groups in total. The summed E-state index contributed by atoms with van der Waals surface area (Å²) in [6.07, 6.45) is 0.343. The second-order valence-electron chi connectivity index (χ2n) is 3.15. The molecule has 0 aliphatic rings. The fourth-order valence-electron chi connectivity index (χ4n) is 1.11. The fourth-order valence-corrected chi connectivity index (χ4v) is 1.62. The Bertz CT molecular complexity index is 357. The Morgan fingerprint density at radius 2 is 2.31 bits per heavy atom. The SMILES string of the molecule is CCC(COc1cccc(Br)c1)OC(=O)Cl. The molecule has 16 heavy (non-hydrogen) atoms. The van der Waals surface area contributed by atoms with Gasteiger partial charge in [0.2, 0.25) is 0 Å². The van der Waals surface area contributed by atoms with Crippen molar-refractivity contribution in [3.05, 3.63) is 28.7 Å². The van der Waals surface area contributed by atoms with Crippen LogP contribution in [0.4, 0.5) is 4.79 Å². The zero-order chi connectivity index (χ0) is 12.0. The minimum atomic E-state index is -0.801. The maximum absolute atomic E-state index is 10.6. The topological polar surface area (TPSA) is 35.5 Å². The van der Waals surface area contributed by atoms with Gasteiger partial charge < -0.3 is 9.47 Å². The molecule has 1 rings (SSSR count). The lowest BCUT2D eigenvalue weighted by atomic mass is 10.3. The van der Waals surface area contributed by atoms with Gasteiger partial charge in [0.25, 0.3) is 0 Å². The third-order valence-electron chi connectivity index (χ3n) is 1.95. The minimum Gasteiger partial charge on any atom is -0.490 e. The molecule has 1 aromatic carbocycles. The van der Waals surface area contributed by atoms with Gasteiger partial charge in [0.1, 0.15) is 18.5 Å². The molecule has 0 radical (unpaired) electrons. The quantitative estimate of drug-likeness (QED) is 0.772. The first-order valence-electron chi connectivity index (χ1n) is 4.86. The maximum Gasteiger partial charge on any atom is 0.404 e. The first-order valence-corrected chi connectivity index (χ1v) is 6.03. The molecule has 0 saturated heterocycles. The molecule has 1 atom stereocenters. The summed E-state index contributed by atoms with van der Waals surface area (Å²) in [4.78, 5) is 10.6. The van der Waals surface area contributed by atoms with Crippen LogP contribution >= 0.6 is 27.5 Å². The summed E-state index contributed by atoms with van der Waals surface area (Å²) in [6, 6.07) is 7.45. The average molecular weight is 308 g/mol. The summed E-state index contributed by atoms with van der Waals surface area (Å²) >= 11 is 8.47. The van der Waals surface area contributed by atoms with E-state index in [-0.39, 0.29) is 6.10 Å². The Morgan fingerprint density at radius 3 is 2.88 bits per heavy atom. The molecule has 0 saturated carbocycles. The van der Waals surface area contributed by atoms with Crippen LogP contribution in [0.2, 0.25) is 0 Å². The molecular weight excluding hydrogens is 295 g/mol. The summed E-state index contributed by atoms with van der Waals surface area (Å²) in [5.74, 6) is 0.721. The van der Waals surface area contributed by atoms with Gasteiger partial charge in [-0.25, -0.2) is 4.79 Å². The monoisotopic (exact) mass is 306 g/mol. The van der Waals surface area contributed by atoms with E-state index >= 15 is 0 Å². The Hall–Kier alpha value is -0.740. The van der Waals surface area contributed by atoms with Crippen LogP contribution in [0.25, 0.3) is 0 Å². The smallest absolute Gasteiger partial charge is 0.404 e. The van der Waals surface area contributed by atoms with Crippen molar-refractivity contribution >= 4 is 33.0 Å². The summed E-state index contributed by atoms with van der Waals surface area (Å²) in [5, 5.41) is 0. The van der Waals surface area contributed by atoms with Crippen LogP contribution < -0.4 is 4.74 Å². The van der Waals surface area contributed by atoms with Crippen molar-refractivity contribution in [1.82, 2.24) is 0 Å². The zero-order valence-corrected chi connectivity index (χ0v) is 11.1. The number of benzene rings is 1. The molecule has 1 unspecified atom stereocenters. The average Bonchev–Trinajstić information content (AvgIpc) is 2.24. The molecule has 88 valence electrons. The maximum atomic E-state index is 10.6. The number of hydrogen-bond donors (Lipinski definition) is 0. The van der Waals surface area contributed by atoms with Gasteiger partial charge in [-0.2, -0.15) is 0 Å². The highest BCUT2D eigenvalue weighted by molar-refractivity contribution is 9.10. The molecule has 0 spiro atoms. The van der Waals surface area contributed by atoms with E-state index in [2.05, 4.69) is 15.9 Å². The van der Waals surface area contributed by atoms with Gasteiger partial charge in [-0.3, -0.25) is 0 Å². The highest BCUT2D eigenvalue weighted by atomic mass is 79.9. The van der Waals surface area contributed by atoms with Crippen LogP contribution in [-0.4, -0.2) is 18.1 Å². The van der Waals surface area contributed by atoms with Crippen LogP contribution in [0.1, 0.15) is 13.3 Å². The van der Waals surface area contributed by atoms with E-state index in [9.17, 15) is 4.79 Å². The van der Waals surface area contributed by atoms with E-state index in [1.807, 2.05) is 31.2 Å². The number of halogens is 2. The van der Waals surface area contributed by atoms with Gasteiger partial charge in [-0.1, -0.05) is 28.9 Å². The van der Waals surface area contributed by atoms with Crippen LogP contribution in [-0.2, 0) is 4.74 Å². The third kappa shape index (κ3) is 4.86. The van der Waals surface area contributed by atoms with Gasteiger partial charge in [-0.15, -0.1) is 0 Å². The third-order valence-corrected chi connectivity index (χ3v) is 2.53. The van der Waals surface area contributed by atoms with Crippen LogP contribution in [0, 0.1) is 0 Å². The summed E-state index contributed by atoms with van der Waals surface area (Å²) in [5.41, 5.74) is -0.801. The van der Waals surface area contributed by atoms with Crippen molar-refractivity contribution in [2.45, 2.75) is 19.4 Å². The number of rotatable bonds is 5. The summed E-state index contributed by atoms with van der Waals surface area (Å²) in [7, 11) is 0. The highest BCUT2D eigenvalue weighted by Gasteiger charge is 2.11. The molecule has 3 nitrogen and oxygen atoms in total. The number of ether oxygens (including phenoxy) is 2. The molecule has 0 amide bonds. The first kappa shape index (κ1) is 13.3. The molecule has 1 aromatic rings. The van der Waals surface area contributed by atoms with Crippen molar-refractivity contribution < 1.29 is 14.3 Å². The zero-order valence-electron chi connectivity index (χ0n) is 8.78. The van der Waals surface area contributed by atoms with E-state index < -0.39 is 5.43 Å². The molecular formula is C11H12BrClO3. The van der Waals surface area contributed by atoms with Gasteiger partial charge in [0.05, 0.1) is 0 Å². The highest BCUT2D eigenvalue weighted by Crippen LogP contribution is 2.18. The standard InChI is InChI=1S/C11H12BrClO3/c1-2-9(16-11(13)14)7-15-10-5-3-4-8(12)6-10/h3-6,9H,2,7H2,1H3. The van der Waals surface area contributed by atoms with Crippen LogP contribution in [0.5, 0.6) is 5.75 Å². The number of hydrogen-bond acceptors (Lipinski definition) is 3.